The average Bonchev–Trinajstić information content (AvgIpc) is 3.25. The average molecular weight is 314 g/mol. The predicted molar refractivity (Wildman–Crippen MR) is 88.2 cm³/mol. The van der Waals surface area contributed by atoms with Crippen LogP contribution in [0.4, 0.5) is 0 Å². The van der Waals surface area contributed by atoms with E-state index >= 15 is 0 Å². The molecule has 1 amide bonds. The van der Waals surface area contributed by atoms with Crippen LogP contribution in [-0.2, 0) is 0 Å². The highest BCUT2D eigenvalue weighted by Crippen LogP contribution is 2.23. The van der Waals surface area contributed by atoms with Gasteiger partial charge < -0.3 is 15.0 Å². The van der Waals surface area contributed by atoms with Crippen molar-refractivity contribution < 1.29 is 9.53 Å². The molecule has 0 aliphatic carbocycles. The third-order valence-electron chi connectivity index (χ3n) is 4.29. The number of rotatable bonds is 4. The first-order valence-corrected chi connectivity index (χ1v) is 7.78. The second-order valence-corrected chi connectivity index (χ2v) is 5.88. The van der Waals surface area contributed by atoms with Crippen molar-refractivity contribution >= 4 is 5.91 Å². The number of nitrogens with zero attached hydrogens (tertiary/aromatic N) is 3. The zero-order valence-electron chi connectivity index (χ0n) is 13.7. The van der Waals surface area contributed by atoms with Gasteiger partial charge in [0.15, 0.2) is 5.69 Å². The number of amides is 1. The van der Waals surface area contributed by atoms with Gasteiger partial charge in [-0.05, 0) is 43.7 Å². The Bertz CT molecular complexity index is 704. The molecule has 0 radical (unpaired) electrons. The Morgan fingerprint density at radius 1 is 1.43 bits per heavy atom. The van der Waals surface area contributed by atoms with E-state index in [9.17, 15) is 4.79 Å². The number of carbonyl (C=O) groups excluding carboxylic acids is 1. The summed E-state index contributed by atoms with van der Waals surface area (Å²) in [6.45, 7) is 3.81. The molecule has 1 aliphatic rings. The fourth-order valence-corrected chi connectivity index (χ4v) is 2.87. The van der Waals surface area contributed by atoms with Crippen LogP contribution in [0.1, 0.15) is 22.5 Å². The summed E-state index contributed by atoms with van der Waals surface area (Å²) in [6, 6.07) is 7.87. The number of benzene rings is 1. The highest BCUT2D eigenvalue weighted by molar-refractivity contribution is 5.92. The normalized spacial score (nSPS) is 17.3. The zero-order chi connectivity index (χ0) is 16.4. The molecule has 122 valence electrons. The van der Waals surface area contributed by atoms with Gasteiger partial charge in [0.1, 0.15) is 11.4 Å². The van der Waals surface area contributed by atoms with Crippen LogP contribution >= 0.6 is 0 Å². The van der Waals surface area contributed by atoms with Crippen LogP contribution in [0.5, 0.6) is 5.75 Å². The van der Waals surface area contributed by atoms with Crippen molar-refractivity contribution in [2.45, 2.75) is 19.4 Å². The van der Waals surface area contributed by atoms with Crippen molar-refractivity contribution in [2.75, 3.05) is 27.2 Å². The monoisotopic (exact) mass is 314 g/mol. The molecule has 1 fully saturated rings. The van der Waals surface area contributed by atoms with Gasteiger partial charge in [0.05, 0.1) is 7.11 Å². The van der Waals surface area contributed by atoms with Gasteiger partial charge in [-0.2, -0.15) is 5.10 Å². The van der Waals surface area contributed by atoms with E-state index in [4.69, 9.17) is 4.74 Å². The first-order valence-electron chi connectivity index (χ1n) is 7.78. The number of hydrogen-bond donors (Lipinski definition) is 1. The van der Waals surface area contributed by atoms with Gasteiger partial charge in [-0.25, -0.2) is 4.68 Å². The third kappa shape index (κ3) is 3.07. The molecule has 1 aliphatic heterocycles. The van der Waals surface area contributed by atoms with Crippen molar-refractivity contribution in [2.24, 2.45) is 0 Å². The Labute approximate surface area is 136 Å². The van der Waals surface area contributed by atoms with Crippen molar-refractivity contribution in [3.8, 4) is 11.4 Å². The number of ether oxygens (including phenoxy) is 1. The fourth-order valence-electron chi connectivity index (χ4n) is 2.87. The summed E-state index contributed by atoms with van der Waals surface area (Å²) in [7, 11) is 3.47. The lowest BCUT2D eigenvalue weighted by molar-refractivity contribution is 0.0737. The fraction of sp³-hybridized carbons (Fsp3) is 0.412. The van der Waals surface area contributed by atoms with E-state index in [1.165, 1.54) is 0 Å². The molecule has 1 atom stereocenters. The molecule has 6 heteroatoms. The molecule has 1 N–H and O–H groups in total. The Morgan fingerprint density at radius 2 is 2.26 bits per heavy atom. The summed E-state index contributed by atoms with van der Waals surface area (Å²) in [5.74, 6) is 0.676. The molecule has 0 saturated carbocycles. The molecular weight excluding hydrogens is 292 g/mol. The summed E-state index contributed by atoms with van der Waals surface area (Å²) >= 11 is 0. The van der Waals surface area contributed by atoms with Gasteiger partial charge in [-0.15, -0.1) is 0 Å². The molecule has 3 rings (SSSR count). The standard InChI is InChI=1S/C17H22N4O2/c1-12-4-5-16(23-3)15(10-12)21-9-7-14(19-21)17(22)20(2)13-6-8-18-11-13/h4-5,7,9-10,13,18H,6,8,11H2,1-3H3/t13-/m0/s1. The molecule has 0 unspecified atom stereocenters. The quantitative estimate of drug-likeness (QED) is 0.932. The summed E-state index contributed by atoms with van der Waals surface area (Å²) < 4.78 is 7.08. The first kappa shape index (κ1) is 15.6. The van der Waals surface area contributed by atoms with E-state index in [0.29, 0.717) is 5.69 Å². The van der Waals surface area contributed by atoms with Crippen LogP contribution in [0, 0.1) is 6.92 Å². The molecule has 1 aromatic heterocycles. The van der Waals surface area contributed by atoms with Crippen LogP contribution in [-0.4, -0.2) is 53.9 Å². The van der Waals surface area contributed by atoms with Gasteiger partial charge >= 0.3 is 0 Å². The summed E-state index contributed by atoms with van der Waals surface area (Å²) in [5.41, 5.74) is 2.39. The van der Waals surface area contributed by atoms with Crippen molar-refractivity contribution in [3.63, 3.8) is 0 Å². The van der Waals surface area contributed by atoms with Crippen LogP contribution in [0.25, 0.3) is 5.69 Å². The number of hydrogen-bond acceptors (Lipinski definition) is 4. The maximum Gasteiger partial charge on any atom is 0.274 e. The van der Waals surface area contributed by atoms with Crippen molar-refractivity contribution in [1.82, 2.24) is 20.0 Å². The number of nitrogens with one attached hydrogen (secondary N) is 1. The number of aromatic nitrogens is 2. The lowest BCUT2D eigenvalue weighted by Crippen LogP contribution is -2.38. The van der Waals surface area contributed by atoms with Gasteiger partial charge in [0, 0.05) is 25.8 Å². The molecule has 0 spiro atoms. The minimum Gasteiger partial charge on any atom is -0.494 e. The molecule has 23 heavy (non-hydrogen) atoms. The maximum absolute atomic E-state index is 12.6. The Hall–Kier alpha value is -2.34. The lowest BCUT2D eigenvalue weighted by Gasteiger charge is -2.22. The number of likely N-dealkylation sites (N-methyl/N-ethyl adjacent to an activating group) is 1. The van der Waals surface area contributed by atoms with Gasteiger partial charge in [-0.3, -0.25) is 4.79 Å². The highest BCUT2D eigenvalue weighted by Gasteiger charge is 2.25. The lowest BCUT2D eigenvalue weighted by atomic mass is 10.2. The minimum atomic E-state index is -0.0518. The molecule has 6 nitrogen and oxygen atoms in total. The molecule has 1 aromatic carbocycles. The first-order chi connectivity index (χ1) is 11.1. The van der Waals surface area contributed by atoms with Crippen LogP contribution in [0.3, 0.4) is 0 Å². The summed E-state index contributed by atoms with van der Waals surface area (Å²) in [6.07, 6.45) is 2.78. The SMILES string of the molecule is COc1ccc(C)cc1-n1ccc(C(=O)N(C)[C@H]2CCNC2)n1. The van der Waals surface area contributed by atoms with Crippen molar-refractivity contribution in [1.29, 1.82) is 0 Å². The second-order valence-electron chi connectivity index (χ2n) is 5.88. The second kappa shape index (κ2) is 6.42. The van der Waals surface area contributed by atoms with E-state index in [1.807, 2.05) is 32.2 Å². The topological polar surface area (TPSA) is 59.4 Å². The van der Waals surface area contributed by atoms with E-state index in [-0.39, 0.29) is 11.9 Å². The number of methoxy groups -OCH3 is 1. The minimum absolute atomic E-state index is 0.0518. The molecule has 2 aromatic rings. The van der Waals surface area contributed by atoms with Crippen LogP contribution in [0.15, 0.2) is 30.5 Å². The summed E-state index contributed by atoms with van der Waals surface area (Å²) in [4.78, 5) is 14.4. The molecule has 1 saturated heterocycles. The Balaban J connectivity index is 1.85. The zero-order valence-corrected chi connectivity index (χ0v) is 13.7. The molecule has 0 bridgehead atoms. The van der Waals surface area contributed by atoms with Gasteiger partial charge in [0.25, 0.3) is 5.91 Å². The van der Waals surface area contributed by atoms with Gasteiger partial charge in [-0.1, -0.05) is 6.07 Å². The Morgan fingerprint density at radius 3 is 2.96 bits per heavy atom. The van der Waals surface area contributed by atoms with Crippen LogP contribution in [0.2, 0.25) is 0 Å². The maximum atomic E-state index is 12.6. The van der Waals surface area contributed by atoms with Crippen LogP contribution < -0.4 is 10.1 Å². The largest absolute Gasteiger partial charge is 0.494 e. The van der Waals surface area contributed by atoms with E-state index in [2.05, 4.69) is 10.4 Å². The number of carbonyl (C=O) groups is 1. The van der Waals surface area contributed by atoms with Crippen molar-refractivity contribution in [3.05, 3.63) is 41.7 Å². The Kier molecular flexibility index (Phi) is 4.34. The summed E-state index contributed by atoms with van der Waals surface area (Å²) in [5, 5.41) is 7.72. The highest BCUT2D eigenvalue weighted by atomic mass is 16.5. The smallest absolute Gasteiger partial charge is 0.274 e. The molecule has 2 heterocycles. The van der Waals surface area contributed by atoms with E-state index in [0.717, 1.165) is 36.5 Å². The van der Waals surface area contributed by atoms with E-state index < -0.39 is 0 Å². The third-order valence-corrected chi connectivity index (χ3v) is 4.29. The predicted octanol–water partition coefficient (Wildman–Crippen LogP) is 1.62. The number of aryl methyl sites for hydroxylation is 1. The van der Waals surface area contributed by atoms with E-state index in [1.54, 1.807) is 29.0 Å². The molecular formula is C17H22N4O2. The van der Waals surface area contributed by atoms with Gasteiger partial charge in [0.2, 0.25) is 0 Å².